The molecule has 2 aliphatic rings. The maximum absolute atomic E-state index is 12.4. The lowest BCUT2D eigenvalue weighted by Crippen LogP contribution is -2.40. The van der Waals surface area contributed by atoms with E-state index in [1.807, 2.05) is 18.2 Å². The molecule has 4 rings (SSSR count). The van der Waals surface area contributed by atoms with Gasteiger partial charge < -0.3 is 9.47 Å². The summed E-state index contributed by atoms with van der Waals surface area (Å²) in [5.41, 5.74) is 1.13. The van der Waals surface area contributed by atoms with Crippen LogP contribution in [0.25, 0.3) is 0 Å². The molecule has 0 spiro atoms. The first-order valence-corrected chi connectivity index (χ1v) is 8.68. The molecule has 1 aliphatic carbocycles. The zero-order valence-electron chi connectivity index (χ0n) is 12.9. The maximum Gasteiger partial charge on any atom is 0.270 e. The Labute approximate surface area is 138 Å². The molecule has 0 saturated carbocycles. The van der Waals surface area contributed by atoms with Crippen LogP contribution in [0.5, 0.6) is 11.5 Å². The number of carbonyl (C=O) groups excluding carboxylic acids is 1. The summed E-state index contributed by atoms with van der Waals surface area (Å²) in [4.78, 5) is 18.3. The molecule has 0 saturated heterocycles. The highest BCUT2D eigenvalue weighted by atomic mass is 32.1. The summed E-state index contributed by atoms with van der Waals surface area (Å²) in [7, 11) is 0. The van der Waals surface area contributed by atoms with Gasteiger partial charge in [-0.3, -0.25) is 10.1 Å². The van der Waals surface area contributed by atoms with Gasteiger partial charge in [0, 0.05) is 4.88 Å². The van der Waals surface area contributed by atoms with Crippen LogP contribution in [0, 0.1) is 5.92 Å². The largest absolute Gasteiger partial charge is 0.485 e. The van der Waals surface area contributed by atoms with Gasteiger partial charge in [0.15, 0.2) is 16.6 Å². The van der Waals surface area contributed by atoms with Gasteiger partial charge in [-0.1, -0.05) is 19.1 Å². The van der Waals surface area contributed by atoms with Gasteiger partial charge in [0.25, 0.3) is 5.91 Å². The van der Waals surface area contributed by atoms with Crippen molar-refractivity contribution in [2.75, 3.05) is 11.9 Å². The number of fused-ring (bicyclic) bond motifs is 2. The number of amides is 1. The van der Waals surface area contributed by atoms with Gasteiger partial charge >= 0.3 is 0 Å². The Kier molecular flexibility index (Phi) is 3.69. The molecule has 2 atom stereocenters. The molecule has 0 unspecified atom stereocenters. The summed E-state index contributed by atoms with van der Waals surface area (Å²) in [6.07, 6.45) is 2.57. The molecular weight excluding hydrogens is 312 g/mol. The summed E-state index contributed by atoms with van der Waals surface area (Å²) in [6.45, 7) is 2.47. The van der Waals surface area contributed by atoms with Crippen LogP contribution >= 0.6 is 11.3 Å². The van der Waals surface area contributed by atoms with Gasteiger partial charge in [-0.25, -0.2) is 4.98 Å². The van der Waals surface area contributed by atoms with E-state index < -0.39 is 6.10 Å². The molecule has 2 aromatic rings. The second kappa shape index (κ2) is 5.85. The summed E-state index contributed by atoms with van der Waals surface area (Å²) in [5, 5.41) is 3.54. The number of aryl methyl sites for hydroxylation is 1. The first-order chi connectivity index (χ1) is 11.2. The van der Waals surface area contributed by atoms with Crippen LogP contribution in [-0.4, -0.2) is 23.6 Å². The van der Waals surface area contributed by atoms with Crippen LogP contribution in [0.2, 0.25) is 0 Å². The molecule has 5 nitrogen and oxygen atoms in total. The highest BCUT2D eigenvalue weighted by Gasteiger charge is 2.28. The summed E-state index contributed by atoms with van der Waals surface area (Å²) in [6, 6.07) is 7.37. The second-order valence-corrected chi connectivity index (χ2v) is 7.17. The number of hydrogen-bond acceptors (Lipinski definition) is 5. The summed E-state index contributed by atoms with van der Waals surface area (Å²) in [5.74, 6) is 1.76. The Balaban J connectivity index is 1.45. The second-order valence-electron chi connectivity index (χ2n) is 6.09. The van der Waals surface area contributed by atoms with Crippen LogP contribution < -0.4 is 14.8 Å². The minimum absolute atomic E-state index is 0.210. The molecule has 120 valence electrons. The molecule has 2 heterocycles. The van der Waals surface area contributed by atoms with Gasteiger partial charge in [0.1, 0.15) is 6.61 Å². The lowest BCUT2D eigenvalue weighted by Gasteiger charge is -2.25. The smallest absolute Gasteiger partial charge is 0.270 e. The van der Waals surface area contributed by atoms with Crippen molar-refractivity contribution < 1.29 is 14.3 Å². The van der Waals surface area contributed by atoms with Crippen LogP contribution in [0.1, 0.15) is 23.9 Å². The lowest BCUT2D eigenvalue weighted by atomic mass is 9.93. The number of benzene rings is 1. The number of nitrogens with one attached hydrogen (secondary N) is 1. The van der Waals surface area contributed by atoms with Crippen molar-refractivity contribution in [1.29, 1.82) is 0 Å². The quantitative estimate of drug-likeness (QED) is 0.919. The van der Waals surface area contributed by atoms with E-state index in [9.17, 15) is 4.79 Å². The van der Waals surface area contributed by atoms with Crippen molar-refractivity contribution in [2.24, 2.45) is 5.92 Å². The molecule has 0 radical (unpaired) electrons. The van der Waals surface area contributed by atoms with Gasteiger partial charge in [-0.2, -0.15) is 0 Å². The predicted molar refractivity (Wildman–Crippen MR) is 88.3 cm³/mol. The van der Waals surface area contributed by atoms with Gasteiger partial charge in [0.2, 0.25) is 6.10 Å². The molecule has 1 amide bonds. The standard InChI is InChI=1S/C17H18N2O3S/c1-10-6-7-11-15(8-10)23-17(18-11)19-16(20)14-9-21-12-4-2-3-5-13(12)22-14/h2-5,10,14H,6-9H2,1H3,(H,18,19,20)/t10-,14+/m0/s1. The van der Waals surface area contributed by atoms with Crippen LogP contribution in [0.4, 0.5) is 5.13 Å². The van der Waals surface area contributed by atoms with Gasteiger partial charge in [0.05, 0.1) is 5.69 Å². The molecule has 1 aromatic heterocycles. The van der Waals surface area contributed by atoms with Crippen molar-refractivity contribution >= 4 is 22.4 Å². The number of hydrogen-bond donors (Lipinski definition) is 1. The van der Waals surface area contributed by atoms with E-state index in [0.29, 0.717) is 22.5 Å². The lowest BCUT2D eigenvalue weighted by molar-refractivity contribution is -0.125. The molecule has 1 aromatic carbocycles. The molecule has 23 heavy (non-hydrogen) atoms. The number of nitrogens with zero attached hydrogens (tertiary/aromatic N) is 1. The van der Waals surface area contributed by atoms with Crippen molar-refractivity contribution in [3.05, 3.63) is 34.8 Å². The topological polar surface area (TPSA) is 60.5 Å². The zero-order chi connectivity index (χ0) is 15.8. The maximum atomic E-state index is 12.4. The molecule has 0 bridgehead atoms. The minimum atomic E-state index is -0.648. The monoisotopic (exact) mass is 330 g/mol. The van der Waals surface area contributed by atoms with Gasteiger partial charge in [-0.05, 0) is 37.3 Å². The average Bonchev–Trinajstić information content (AvgIpc) is 2.95. The third kappa shape index (κ3) is 2.91. The van der Waals surface area contributed by atoms with E-state index in [2.05, 4.69) is 17.2 Å². The van der Waals surface area contributed by atoms with E-state index in [0.717, 1.165) is 18.5 Å². The summed E-state index contributed by atoms with van der Waals surface area (Å²) >= 11 is 1.58. The third-order valence-corrected chi connectivity index (χ3v) is 5.25. The first kappa shape index (κ1) is 14.5. The third-order valence-electron chi connectivity index (χ3n) is 4.22. The number of ether oxygens (including phenoxy) is 2. The Morgan fingerprint density at radius 3 is 3.04 bits per heavy atom. The number of para-hydroxylation sites is 2. The fraction of sp³-hybridized carbons (Fsp3) is 0.412. The average molecular weight is 330 g/mol. The van der Waals surface area contributed by atoms with Crippen LogP contribution in [0.15, 0.2) is 24.3 Å². The SMILES string of the molecule is C[C@H]1CCc2nc(NC(=O)[C@H]3COc4ccccc4O3)sc2C1. The highest BCUT2D eigenvalue weighted by Crippen LogP contribution is 2.33. The van der Waals surface area contributed by atoms with Crippen molar-refractivity contribution in [3.8, 4) is 11.5 Å². The van der Waals surface area contributed by atoms with Gasteiger partial charge in [-0.15, -0.1) is 11.3 Å². The van der Waals surface area contributed by atoms with Crippen molar-refractivity contribution in [1.82, 2.24) is 4.98 Å². The number of thiazole rings is 1. The number of rotatable bonds is 2. The fourth-order valence-corrected chi connectivity index (χ4v) is 4.10. The van der Waals surface area contributed by atoms with Crippen molar-refractivity contribution in [2.45, 2.75) is 32.3 Å². The molecule has 0 fully saturated rings. The molecule has 1 N–H and O–H groups in total. The Bertz CT molecular complexity index is 743. The first-order valence-electron chi connectivity index (χ1n) is 7.87. The normalized spacial score (nSPS) is 22.3. The van der Waals surface area contributed by atoms with E-state index in [1.54, 1.807) is 17.4 Å². The fourth-order valence-electron chi connectivity index (χ4n) is 2.93. The minimum Gasteiger partial charge on any atom is -0.485 e. The molecule has 1 aliphatic heterocycles. The number of aromatic nitrogens is 1. The zero-order valence-corrected chi connectivity index (χ0v) is 13.7. The predicted octanol–water partition coefficient (Wildman–Crippen LogP) is 3.05. The molecular formula is C17H18N2O3S. The van der Waals surface area contributed by atoms with E-state index >= 15 is 0 Å². The van der Waals surface area contributed by atoms with Crippen LogP contribution in [0.3, 0.4) is 0 Å². The van der Waals surface area contributed by atoms with E-state index in [1.165, 1.54) is 11.3 Å². The van der Waals surface area contributed by atoms with E-state index in [4.69, 9.17) is 9.47 Å². The number of anilines is 1. The number of carbonyl (C=O) groups is 1. The Morgan fingerprint density at radius 2 is 2.17 bits per heavy atom. The highest BCUT2D eigenvalue weighted by molar-refractivity contribution is 7.15. The van der Waals surface area contributed by atoms with Crippen molar-refractivity contribution in [3.63, 3.8) is 0 Å². The Hall–Kier alpha value is -2.08. The summed E-state index contributed by atoms with van der Waals surface area (Å²) < 4.78 is 11.3. The van der Waals surface area contributed by atoms with E-state index in [-0.39, 0.29) is 12.5 Å². The molecule has 6 heteroatoms. The van der Waals surface area contributed by atoms with Crippen LogP contribution in [-0.2, 0) is 17.6 Å². The Morgan fingerprint density at radius 1 is 1.35 bits per heavy atom.